The molecule has 152 valence electrons. The van der Waals surface area contributed by atoms with E-state index in [4.69, 9.17) is 10.5 Å². The first-order valence-electron chi connectivity index (χ1n) is 10.6. The summed E-state index contributed by atoms with van der Waals surface area (Å²) < 4.78 is 8.40. The maximum absolute atomic E-state index is 6.73. The van der Waals surface area contributed by atoms with Gasteiger partial charge in [-0.15, -0.1) is 5.10 Å². The summed E-state index contributed by atoms with van der Waals surface area (Å²) in [5, 5.41) is 7.36. The zero-order chi connectivity index (χ0) is 19.4. The summed E-state index contributed by atoms with van der Waals surface area (Å²) in [5.74, 6) is 0.996. The van der Waals surface area contributed by atoms with Gasteiger partial charge in [0, 0.05) is 32.2 Å². The SMILES string of the molecule is Cn1nc(N)nc1NCCCOC1(N2CCCCC2)CCCc2ccccc21. The van der Waals surface area contributed by atoms with E-state index in [0.717, 1.165) is 38.9 Å². The van der Waals surface area contributed by atoms with Gasteiger partial charge in [0.1, 0.15) is 5.72 Å². The average Bonchev–Trinajstić information content (AvgIpc) is 3.05. The molecule has 1 fully saturated rings. The maximum atomic E-state index is 6.73. The van der Waals surface area contributed by atoms with Crippen molar-refractivity contribution in [3.8, 4) is 0 Å². The van der Waals surface area contributed by atoms with Crippen LogP contribution in [0.15, 0.2) is 24.3 Å². The monoisotopic (exact) mass is 384 g/mol. The minimum atomic E-state index is -0.259. The van der Waals surface area contributed by atoms with Gasteiger partial charge in [-0.1, -0.05) is 30.7 Å². The van der Waals surface area contributed by atoms with E-state index in [0.29, 0.717) is 18.5 Å². The molecule has 7 heteroatoms. The number of ether oxygens (including phenoxy) is 1. The number of nitrogens with one attached hydrogen (secondary N) is 1. The Bertz CT molecular complexity index is 785. The second-order valence-electron chi connectivity index (χ2n) is 7.89. The lowest BCUT2D eigenvalue weighted by Gasteiger charge is -2.48. The summed E-state index contributed by atoms with van der Waals surface area (Å²) in [6.07, 6.45) is 8.19. The predicted molar refractivity (Wildman–Crippen MR) is 111 cm³/mol. The predicted octanol–water partition coefficient (Wildman–Crippen LogP) is 2.89. The molecule has 2 heterocycles. The van der Waals surface area contributed by atoms with Crippen molar-refractivity contribution >= 4 is 11.9 Å². The molecule has 1 atom stereocenters. The van der Waals surface area contributed by atoms with Crippen molar-refractivity contribution in [3.63, 3.8) is 0 Å². The zero-order valence-electron chi connectivity index (χ0n) is 16.9. The van der Waals surface area contributed by atoms with Crippen LogP contribution in [0.1, 0.15) is 49.7 Å². The second-order valence-corrected chi connectivity index (χ2v) is 7.89. The summed E-state index contributed by atoms with van der Waals surface area (Å²) in [6, 6.07) is 8.87. The van der Waals surface area contributed by atoms with Gasteiger partial charge in [0.05, 0.1) is 6.61 Å². The van der Waals surface area contributed by atoms with Crippen LogP contribution in [0.5, 0.6) is 0 Å². The minimum Gasteiger partial charge on any atom is -0.366 e. The third kappa shape index (κ3) is 3.86. The van der Waals surface area contributed by atoms with Crippen molar-refractivity contribution in [2.24, 2.45) is 7.05 Å². The first-order chi connectivity index (χ1) is 13.7. The third-order valence-corrected chi connectivity index (χ3v) is 5.99. The van der Waals surface area contributed by atoms with Gasteiger partial charge in [-0.05, 0) is 44.1 Å². The van der Waals surface area contributed by atoms with Gasteiger partial charge in [0.2, 0.25) is 11.9 Å². The highest BCUT2D eigenvalue weighted by Crippen LogP contribution is 2.42. The van der Waals surface area contributed by atoms with Crippen molar-refractivity contribution in [1.82, 2.24) is 19.7 Å². The van der Waals surface area contributed by atoms with E-state index in [9.17, 15) is 0 Å². The number of nitrogens with zero attached hydrogens (tertiary/aromatic N) is 4. The summed E-state index contributed by atoms with van der Waals surface area (Å²) in [4.78, 5) is 6.79. The highest BCUT2D eigenvalue weighted by Gasteiger charge is 2.42. The first-order valence-corrected chi connectivity index (χ1v) is 10.6. The number of nitrogens with two attached hydrogens (primary N) is 1. The van der Waals surface area contributed by atoms with E-state index in [1.807, 2.05) is 7.05 Å². The number of piperidine rings is 1. The Morgan fingerprint density at radius 1 is 1.18 bits per heavy atom. The quantitative estimate of drug-likeness (QED) is 0.715. The van der Waals surface area contributed by atoms with Gasteiger partial charge in [-0.25, -0.2) is 4.68 Å². The Kier molecular flexibility index (Phi) is 5.82. The van der Waals surface area contributed by atoms with Crippen molar-refractivity contribution in [2.45, 2.75) is 50.7 Å². The molecule has 2 aliphatic rings. The molecule has 3 N–H and O–H groups in total. The van der Waals surface area contributed by atoms with E-state index in [1.54, 1.807) is 4.68 Å². The van der Waals surface area contributed by atoms with Crippen LogP contribution >= 0.6 is 0 Å². The number of anilines is 2. The minimum absolute atomic E-state index is 0.259. The Labute approximate surface area is 167 Å². The van der Waals surface area contributed by atoms with Crippen LogP contribution < -0.4 is 11.1 Å². The van der Waals surface area contributed by atoms with Crippen LogP contribution in [0.3, 0.4) is 0 Å². The average molecular weight is 385 g/mol. The largest absolute Gasteiger partial charge is 0.366 e. The highest BCUT2D eigenvalue weighted by atomic mass is 16.5. The topological polar surface area (TPSA) is 81.2 Å². The van der Waals surface area contributed by atoms with Crippen LogP contribution in [0, 0.1) is 0 Å². The molecule has 7 nitrogen and oxygen atoms in total. The van der Waals surface area contributed by atoms with Crippen molar-refractivity contribution in [1.29, 1.82) is 0 Å². The van der Waals surface area contributed by atoms with E-state index in [2.05, 4.69) is 44.6 Å². The van der Waals surface area contributed by atoms with Gasteiger partial charge >= 0.3 is 0 Å². The third-order valence-electron chi connectivity index (χ3n) is 5.99. The molecular formula is C21H32N6O. The fraction of sp³-hybridized carbons (Fsp3) is 0.619. The summed E-state index contributed by atoms with van der Waals surface area (Å²) in [6.45, 7) is 3.75. The number of rotatable bonds is 7. The first kappa shape index (κ1) is 19.2. The number of hydrogen-bond donors (Lipinski definition) is 2. The number of aromatic nitrogens is 3. The lowest BCUT2D eigenvalue weighted by molar-refractivity contribution is -0.180. The Morgan fingerprint density at radius 2 is 2.00 bits per heavy atom. The number of fused-ring (bicyclic) bond motifs is 1. The molecule has 0 amide bonds. The van der Waals surface area contributed by atoms with Crippen molar-refractivity contribution in [3.05, 3.63) is 35.4 Å². The van der Waals surface area contributed by atoms with Crippen molar-refractivity contribution in [2.75, 3.05) is 37.3 Å². The molecule has 1 unspecified atom stereocenters. The van der Waals surface area contributed by atoms with E-state index in [1.165, 1.54) is 36.8 Å². The molecular weight excluding hydrogens is 352 g/mol. The van der Waals surface area contributed by atoms with Crippen LogP contribution in [-0.4, -0.2) is 45.9 Å². The Balaban J connectivity index is 1.43. The fourth-order valence-corrected chi connectivity index (χ4v) is 4.67. The molecule has 0 saturated carbocycles. The number of nitrogen functional groups attached to an aromatic ring is 1. The van der Waals surface area contributed by atoms with Gasteiger partial charge in [-0.3, -0.25) is 4.90 Å². The van der Waals surface area contributed by atoms with Crippen LogP contribution in [0.2, 0.25) is 0 Å². The van der Waals surface area contributed by atoms with Gasteiger partial charge < -0.3 is 15.8 Å². The molecule has 2 aromatic rings. The van der Waals surface area contributed by atoms with Crippen molar-refractivity contribution < 1.29 is 4.74 Å². The Morgan fingerprint density at radius 3 is 2.79 bits per heavy atom. The Hall–Kier alpha value is -2.12. The molecule has 4 rings (SSSR count). The maximum Gasteiger partial charge on any atom is 0.241 e. The highest BCUT2D eigenvalue weighted by molar-refractivity contribution is 5.35. The molecule has 1 aliphatic carbocycles. The molecule has 1 aliphatic heterocycles. The molecule has 28 heavy (non-hydrogen) atoms. The molecule has 1 aromatic heterocycles. The fourth-order valence-electron chi connectivity index (χ4n) is 4.67. The molecule has 1 saturated heterocycles. The summed E-state index contributed by atoms with van der Waals surface area (Å²) in [7, 11) is 1.84. The van der Waals surface area contributed by atoms with Gasteiger partial charge in [0.15, 0.2) is 0 Å². The number of hydrogen-bond acceptors (Lipinski definition) is 6. The van der Waals surface area contributed by atoms with E-state index in [-0.39, 0.29) is 5.72 Å². The van der Waals surface area contributed by atoms with Gasteiger partial charge in [0.25, 0.3) is 0 Å². The standard InChI is InChI=1S/C21H32N6O/c1-26-20(24-19(22)25-26)23-13-8-16-28-21(27-14-5-2-6-15-27)12-7-10-17-9-3-4-11-18(17)21/h3-4,9,11H,2,5-8,10,12-16H2,1H3,(H3,22,23,24,25). The van der Waals surface area contributed by atoms with Crippen LogP contribution in [-0.2, 0) is 23.9 Å². The normalized spacial score (nSPS) is 22.8. The zero-order valence-corrected chi connectivity index (χ0v) is 16.9. The van der Waals surface area contributed by atoms with Crippen LogP contribution in [0.25, 0.3) is 0 Å². The molecule has 1 aromatic carbocycles. The molecule has 0 spiro atoms. The number of benzene rings is 1. The van der Waals surface area contributed by atoms with Gasteiger partial charge in [-0.2, -0.15) is 4.98 Å². The van der Waals surface area contributed by atoms with E-state index >= 15 is 0 Å². The number of aryl methyl sites for hydroxylation is 2. The van der Waals surface area contributed by atoms with E-state index < -0.39 is 0 Å². The molecule has 0 radical (unpaired) electrons. The van der Waals surface area contributed by atoms with Crippen LogP contribution in [0.4, 0.5) is 11.9 Å². The second kappa shape index (κ2) is 8.49. The smallest absolute Gasteiger partial charge is 0.241 e. The summed E-state index contributed by atoms with van der Waals surface area (Å²) in [5.41, 5.74) is 8.22. The lowest BCUT2D eigenvalue weighted by atomic mass is 9.82. The molecule has 0 bridgehead atoms. The number of likely N-dealkylation sites (tertiary alicyclic amines) is 1. The summed E-state index contributed by atoms with van der Waals surface area (Å²) >= 11 is 0. The lowest BCUT2D eigenvalue weighted by Crippen LogP contribution is -2.52.